The molecule has 15 heavy (non-hydrogen) atoms. The predicted molar refractivity (Wildman–Crippen MR) is 60.8 cm³/mol. The van der Waals surface area contributed by atoms with Crippen LogP contribution in [-0.2, 0) is 0 Å². The molecule has 82 valence electrons. The van der Waals surface area contributed by atoms with Gasteiger partial charge < -0.3 is 4.74 Å². The zero-order valence-electron chi connectivity index (χ0n) is 7.80. The number of ketones is 1. The van der Waals surface area contributed by atoms with E-state index in [0.29, 0.717) is 28.1 Å². The van der Waals surface area contributed by atoms with Gasteiger partial charge in [0.05, 0.1) is 5.02 Å². The molecule has 1 aromatic carbocycles. The van der Waals surface area contributed by atoms with Gasteiger partial charge in [-0.15, -0.1) is 0 Å². The van der Waals surface area contributed by atoms with E-state index in [2.05, 4.69) is 20.7 Å². The zero-order valence-corrected chi connectivity index (χ0v) is 10.1. The highest BCUT2D eigenvalue weighted by molar-refractivity contribution is 9.09. The average molecular weight is 296 g/mol. The van der Waals surface area contributed by atoms with Crippen molar-refractivity contribution in [3.05, 3.63) is 28.8 Å². The van der Waals surface area contributed by atoms with Gasteiger partial charge in [0, 0.05) is 17.3 Å². The third-order valence-corrected chi connectivity index (χ3v) is 2.51. The second kappa shape index (κ2) is 6.08. The van der Waals surface area contributed by atoms with Crippen LogP contribution >= 0.6 is 27.5 Å². The summed E-state index contributed by atoms with van der Waals surface area (Å²) in [7, 11) is 0. The molecule has 1 rings (SSSR count). The molecule has 0 bridgehead atoms. The monoisotopic (exact) mass is 294 g/mol. The van der Waals surface area contributed by atoms with E-state index in [0.717, 1.165) is 0 Å². The van der Waals surface area contributed by atoms with Gasteiger partial charge in [0.2, 0.25) is 6.86 Å². The van der Waals surface area contributed by atoms with Crippen LogP contribution in [0.15, 0.2) is 18.2 Å². The van der Waals surface area contributed by atoms with Gasteiger partial charge in [0.25, 0.3) is 0 Å². The number of ether oxygens (including phenoxy) is 1. The Balaban J connectivity index is 2.94. The number of Topliss-reactive ketones (excluding diaryl/α,β-unsaturated/α-hetero) is 1. The van der Waals surface area contributed by atoms with Gasteiger partial charge in [-0.2, -0.15) is 0 Å². The summed E-state index contributed by atoms with van der Waals surface area (Å²) in [6, 6.07) is 4.49. The lowest BCUT2D eigenvalue weighted by Gasteiger charge is -2.05. The van der Waals surface area contributed by atoms with Crippen LogP contribution in [0.5, 0.6) is 5.75 Å². The molecule has 0 N–H and O–H groups in total. The lowest BCUT2D eigenvalue weighted by Crippen LogP contribution is -2.01. The standard InChI is InChI=1S/C10H9BrClFO2/c11-4-3-10(14)8-5-7(15-6-13)1-2-9(8)12/h1-2,5H,3-4,6H2. The van der Waals surface area contributed by atoms with Crippen LogP contribution in [0.3, 0.4) is 0 Å². The van der Waals surface area contributed by atoms with Crippen molar-refractivity contribution in [3.8, 4) is 5.75 Å². The van der Waals surface area contributed by atoms with E-state index >= 15 is 0 Å². The Bertz CT molecular complexity index is 357. The number of rotatable bonds is 5. The molecule has 0 radical (unpaired) electrons. The molecular formula is C10H9BrClFO2. The first-order chi connectivity index (χ1) is 7.19. The minimum atomic E-state index is -0.923. The summed E-state index contributed by atoms with van der Waals surface area (Å²) in [5.41, 5.74) is 0.363. The van der Waals surface area contributed by atoms with E-state index in [9.17, 15) is 9.18 Å². The van der Waals surface area contributed by atoms with E-state index in [4.69, 9.17) is 11.6 Å². The Kier molecular flexibility index (Phi) is 5.05. The van der Waals surface area contributed by atoms with Crippen LogP contribution in [0, 0.1) is 0 Å². The van der Waals surface area contributed by atoms with Crippen molar-refractivity contribution < 1.29 is 13.9 Å². The normalized spacial score (nSPS) is 10.1. The smallest absolute Gasteiger partial charge is 0.228 e. The van der Waals surface area contributed by atoms with Crippen molar-refractivity contribution >= 4 is 33.3 Å². The fraction of sp³-hybridized carbons (Fsp3) is 0.300. The second-order valence-electron chi connectivity index (χ2n) is 2.76. The third kappa shape index (κ3) is 3.47. The lowest BCUT2D eigenvalue weighted by molar-refractivity contribution is 0.0989. The third-order valence-electron chi connectivity index (χ3n) is 1.78. The molecule has 0 aromatic heterocycles. The molecule has 0 amide bonds. The number of benzene rings is 1. The van der Waals surface area contributed by atoms with Gasteiger partial charge in [0.15, 0.2) is 5.78 Å². The quantitative estimate of drug-likeness (QED) is 0.613. The molecule has 1 aromatic rings. The SMILES string of the molecule is O=C(CCBr)c1cc(OCF)ccc1Cl. The summed E-state index contributed by atoms with van der Waals surface area (Å²) in [6.07, 6.45) is 0.346. The van der Waals surface area contributed by atoms with E-state index in [1.165, 1.54) is 18.2 Å². The van der Waals surface area contributed by atoms with Gasteiger partial charge in [-0.3, -0.25) is 4.79 Å². The van der Waals surface area contributed by atoms with Crippen LogP contribution in [0.4, 0.5) is 4.39 Å². The minimum absolute atomic E-state index is 0.0961. The second-order valence-corrected chi connectivity index (χ2v) is 3.96. The van der Waals surface area contributed by atoms with Crippen LogP contribution in [0.2, 0.25) is 5.02 Å². The van der Waals surface area contributed by atoms with E-state index < -0.39 is 6.86 Å². The Labute approximate surface area is 101 Å². The summed E-state index contributed by atoms with van der Waals surface area (Å²) in [6.45, 7) is -0.923. The molecule has 0 saturated carbocycles. The Morgan fingerprint density at radius 2 is 2.27 bits per heavy atom. The summed E-state index contributed by atoms with van der Waals surface area (Å²) in [5, 5.41) is 0.920. The fourth-order valence-electron chi connectivity index (χ4n) is 1.09. The largest absolute Gasteiger partial charge is 0.463 e. The fourth-order valence-corrected chi connectivity index (χ4v) is 1.67. The van der Waals surface area contributed by atoms with Crippen molar-refractivity contribution in [3.63, 3.8) is 0 Å². The first-order valence-corrected chi connectivity index (χ1v) is 5.76. The van der Waals surface area contributed by atoms with Crippen molar-refractivity contribution in [2.45, 2.75) is 6.42 Å². The molecule has 2 nitrogen and oxygen atoms in total. The number of hydrogen-bond acceptors (Lipinski definition) is 2. The molecular weight excluding hydrogens is 286 g/mol. The molecule has 0 aliphatic rings. The highest BCUT2D eigenvalue weighted by Gasteiger charge is 2.10. The molecule has 0 atom stereocenters. The van der Waals surface area contributed by atoms with E-state index in [1.807, 2.05) is 0 Å². The minimum Gasteiger partial charge on any atom is -0.463 e. The zero-order chi connectivity index (χ0) is 11.3. The first-order valence-electron chi connectivity index (χ1n) is 4.26. The topological polar surface area (TPSA) is 26.3 Å². The van der Waals surface area contributed by atoms with Crippen molar-refractivity contribution in [1.82, 2.24) is 0 Å². The molecule has 0 fully saturated rings. The number of carbonyl (C=O) groups excluding carboxylic acids is 1. The van der Waals surface area contributed by atoms with E-state index in [-0.39, 0.29) is 5.78 Å². The Morgan fingerprint density at radius 1 is 1.53 bits per heavy atom. The van der Waals surface area contributed by atoms with E-state index in [1.54, 1.807) is 0 Å². The van der Waals surface area contributed by atoms with Crippen LogP contribution < -0.4 is 4.74 Å². The molecule has 0 aliphatic carbocycles. The van der Waals surface area contributed by atoms with Gasteiger partial charge in [0.1, 0.15) is 5.75 Å². The van der Waals surface area contributed by atoms with Crippen molar-refractivity contribution in [1.29, 1.82) is 0 Å². The number of hydrogen-bond donors (Lipinski definition) is 0. The van der Waals surface area contributed by atoms with Gasteiger partial charge >= 0.3 is 0 Å². The highest BCUT2D eigenvalue weighted by Crippen LogP contribution is 2.23. The number of alkyl halides is 2. The van der Waals surface area contributed by atoms with Gasteiger partial charge in [-0.1, -0.05) is 27.5 Å². The number of halogens is 3. The summed E-state index contributed by atoms with van der Waals surface area (Å²) in [5.74, 6) is 0.209. The summed E-state index contributed by atoms with van der Waals surface area (Å²) in [4.78, 5) is 11.6. The van der Waals surface area contributed by atoms with Crippen LogP contribution in [-0.4, -0.2) is 18.0 Å². The molecule has 0 aliphatic heterocycles. The average Bonchev–Trinajstić information content (AvgIpc) is 2.21. The number of carbonyl (C=O) groups is 1. The molecule has 0 saturated heterocycles. The molecule has 0 unspecified atom stereocenters. The maximum Gasteiger partial charge on any atom is 0.228 e. The maximum absolute atomic E-state index is 11.9. The molecule has 5 heteroatoms. The predicted octanol–water partition coefficient (Wildman–Crippen LogP) is 3.61. The van der Waals surface area contributed by atoms with Crippen LogP contribution in [0.1, 0.15) is 16.8 Å². The Morgan fingerprint density at radius 3 is 2.87 bits per heavy atom. The Hall–Kier alpha value is -0.610. The lowest BCUT2D eigenvalue weighted by atomic mass is 10.1. The summed E-state index contributed by atoms with van der Waals surface area (Å²) < 4.78 is 16.6. The van der Waals surface area contributed by atoms with Crippen LogP contribution in [0.25, 0.3) is 0 Å². The van der Waals surface area contributed by atoms with Crippen molar-refractivity contribution in [2.24, 2.45) is 0 Å². The van der Waals surface area contributed by atoms with Gasteiger partial charge in [-0.25, -0.2) is 4.39 Å². The van der Waals surface area contributed by atoms with Gasteiger partial charge in [-0.05, 0) is 18.2 Å². The molecule has 0 heterocycles. The first kappa shape index (κ1) is 12.5. The summed E-state index contributed by atoms with van der Waals surface area (Å²) >= 11 is 9.01. The molecule has 0 spiro atoms. The van der Waals surface area contributed by atoms with Crippen molar-refractivity contribution in [2.75, 3.05) is 12.2 Å². The highest BCUT2D eigenvalue weighted by atomic mass is 79.9. The maximum atomic E-state index is 11.9.